The molecule has 0 spiro atoms. The third kappa shape index (κ3) is 2.56. The molecule has 7 heteroatoms. The highest BCUT2D eigenvalue weighted by Crippen LogP contribution is 2.47. The first-order valence-corrected chi connectivity index (χ1v) is 8.11. The van der Waals surface area contributed by atoms with Crippen LogP contribution in [0.3, 0.4) is 0 Å². The molecule has 1 aromatic rings. The number of hydrogen-bond acceptors (Lipinski definition) is 4. The molecule has 0 unspecified atom stereocenters. The van der Waals surface area contributed by atoms with Crippen molar-refractivity contribution in [3.05, 3.63) is 35.9 Å². The van der Waals surface area contributed by atoms with E-state index in [9.17, 15) is 14.4 Å². The average molecular weight is 319 g/mol. The lowest BCUT2D eigenvalue weighted by Gasteiger charge is -2.29. The van der Waals surface area contributed by atoms with Crippen LogP contribution < -0.4 is 10.9 Å². The van der Waals surface area contributed by atoms with Gasteiger partial charge in [-0.2, -0.15) is 0 Å². The number of amides is 3. The number of fused-ring (bicyclic) bond motifs is 1. The van der Waals surface area contributed by atoms with Gasteiger partial charge in [-0.05, 0) is 25.5 Å². The van der Waals surface area contributed by atoms with Gasteiger partial charge in [0.05, 0.1) is 4.87 Å². The van der Waals surface area contributed by atoms with Crippen molar-refractivity contribution in [2.45, 2.75) is 30.7 Å². The summed E-state index contributed by atoms with van der Waals surface area (Å²) in [6.07, 6.45) is 1.24. The van der Waals surface area contributed by atoms with E-state index in [1.807, 2.05) is 13.0 Å². The number of nitrogens with zero attached hydrogens (tertiary/aromatic N) is 1. The molecule has 2 aliphatic heterocycles. The molecule has 3 rings (SSSR count). The normalized spacial score (nSPS) is 26.7. The summed E-state index contributed by atoms with van der Waals surface area (Å²) in [5, 5.41) is 0. The summed E-state index contributed by atoms with van der Waals surface area (Å²) in [6.45, 7) is 1.98. The Bertz CT molecular complexity index is 622. The monoisotopic (exact) mass is 319 g/mol. The van der Waals surface area contributed by atoms with Crippen LogP contribution in [0.25, 0.3) is 0 Å². The lowest BCUT2D eigenvalue weighted by Crippen LogP contribution is -2.54. The summed E-state index contributed by atoms with van der Waals surface area (Å²) in [7, 11) is 0. The van der Waals surface area contributed by atoms with Crippen molar-refractivity contribution < 1.29 is 14.4 Å². The molecule has 0 radical (unpaired) electrons. The lowest BCUT2D eigenvalue weighted by atomic mass is 10.2. The molecule has 22 heavy (non-hydrogen) atoms. The van der Waals surface area contributed by atoms with Crippen LogP contribution in [0, 0.1) is 0 Å². The molecular weight excluding hydrogens is 302 g/mol. The predicted molar refractivity (Wildman–Crippen MR) is 82.8 cm³/mol. The number of rotatable bonds is 2. The molecule has 2 atom stereocenters. The van der Waals surface area contributed by atoms with Gasteiger partial charge in [-0.25, -0.2) is 0 Å². The van der Waals surface area contributed by atoms with E-state index >= 15 is 0 Å². The smallest absolute Gasteiger partial charge is 0.269 e. The third-order valence-corrected chi connectivity index (χ3v) is 5.59. The van der Waals surface area contributed by atoms with Gasteiger partial charge >= 0.3 is 0 Å². The van der Waals surface area contributed by atoms with Gasteiger partial charge in [-0.1, -0.05) is 18.2 Å². The second-order valence-electron chi connectivity index (χ2n) is 5.57. The van der Waals surface area contributed by atoms with Gasteiger partial charge in [0.1, 0.15) is 6.04 Å². The van der Waals surface area contributed by atoms with Crippen LogP contribution in [0.15, 0.2) is 30.3 Å². The number of carbonyl (C=O) groups is 3. The minimum atomic E-state index is -0.527. The maximum atomic E-state index is 12.3. The lowest BCUT2D eigenvalue weighted by molar-refractivity contribution is -0.138. The van der Waals surface area contributed by atoms with E-state index in [-0.39, 0.29) is 22.6 Å². The zero-order valence-corrected chi connectivity index (χ0v) is 13.0. The number of carbonyl (C=O) groups excluding carboxylic acids is 3. The largest absolute Gasteiger partial charge is 0.315 e. The molecule has 2 saturated heterocycles. The first-order chi connectivity index (χ1) is 10.5. The molecule has 2 aliphatic rings. The topological polar surface area (TPSA) is 78.5 Å². The van der Waals surface area contributed by atoms with Crippen LogP contribution in [0.1, 0.15) is 30.1 Å². The number of hydrogen-bond donors (Lipinski definition) is 2. The molecule has 6 nitrogen and oxygen atoms in total. The molecule has 0 aromatic heterocycles. The highest BCUT2D eigenvalue weighted by atomic mass is 32.2. The second-order valence-corrected chi connectivity index (χ2v) is 7.08. The summed E-state index contributed by atoms with van der Waals surface area (Å²) in [5.41, 5.74) is 5.29. The van der Waals surface area contributed by atoms with E-state index in [4.69, 9.17) is 0 Å². The van der Waals surface area contributed by atoms with Gasteiger partial charge in [0.15, 0.2) is 0 Å². The highest BCUT2D eigenvalue weighted by Gasteiger charge is 2.52. The quantitative estimate of drug-likeness (QED) is 0.794. The van der Waals surface area contributed by atoms with Gasteiger partial charge in [0.2, 0.25) is 5.91 Å². The molecule has 0 bridgehead atoms. The van der Waals surface area contributed by atoms with Crippen LogP contribution in [-0.2, 0) is 9.59 Å². The Morgan fingerprint density at radius 3 is 2.73 bits per heavy atom. The van der Waals surface area contributed by atoms with Gasteiger partial charge in [0, 0.05) is 17.7 Å². The van der Waals surface area contributed by atoms with E-state index in [0.29, 0.717) is 17.7 Å². The summed E-state index contributed by atoms with van der Waals surface area (Å²) in [5.74, 6) is -0.178. The van der Waals surface area contributed by atoms with E-state index in [0.717, 1.165) is 6.42 Å². The van der Waals surface area contributed by atoms with Crippen molar-refractivity contribution >= 4 is 29.5 Å². The van der Waals surface area contributed by atoms with Crippen molar-refractivity contribution in [3.8, 4) is 0 Å². The van der Waals surface area contributed by atoms with Gasteiger partial charge in [-0.3, -0.25) is 25.2 Å². The summed E-state index contributed by atoms with van der Waals surface area (Å²) in [6, 6.07) is 8.10. The molecule has 116 valence electrons. The SMILES string of the molecule is C[C@]12CCC(=O)N1[C@@H](C(=O)NNC(=O)c1ccccc1)CS2. The van der Waals surface area contributed by atoms with Gasteiger partial charge in [0.25, 0.3) is 11.8 Å². The fourth-order valence-electron chi connectivity index (χ4n) is 2.88. The molecule has 3 amide bonds. The van der Waals surface area contributed by atoms with Crippen molar-refractivity contribution in [1.82, 2.24) is 15.8 Å². The molecule has 1 aromatic carbocycles. The van der Waals surface area contributed by atoms with Crippen LogP contribution in [0.4, 0.5) is 0 Å². The Morgan fingerprint density at radius 2 is 2.00 bits per heavy atom. The molecule has 2 fully saturated rings. The zero-order valence-electron chi connectivity index (χ0n) is 12.2. The van der Waals surface area contributed by atoms with Crippen LogP contribution in [0.5, 0.6) is 0 Å². The first kappa shape index (κ1) is 14.9. The van der Waals surface area contributed by atoms with Crippen molar-refractivity contribution in [2.75, 3.05) is 5.75 Å². The van der Waals surface area contributed by atoms with Crippen molar-refractivity contribution in [1.29, 1.82) is 0 Å². The van der Waals surface area contributed by atoms with Crippen molar-refractivity contribution in [3.63, 3.8) is 0 Å². The van der Waals surface area contributed by atoms with Crippen LogP contribution in [0.2, 0.25) is 0 Å². The molecular formula is C15H17N3O3S. The summed E-state index contributed by atoms with van der Waals surface area (Å²) < 4.78 is 0. The number of hydrazine groups is 1. The van der Waals surface area contributed by atoms with E-state index in [1.54, 1.807) is 40.9 Å². The third-order valence-electron chi connectivity index (χ3n) is 4.08. The number of thioether (sulfide) groups is 1. The maximum absolute atomic E-state index is 12.3. The number of benzene rings is 1. The Balaban J connectivity index is 1.61. The number of nitrogens with one attached hydrogen (secondary N) is 2. The van der Waals surface area contributed by atoms with E-state index in [2.05, 4.69) is 10.9 Å². The maximum Gasteiger partial charge on any atom is 0.269 e. The van der Waals surface area contributed by atoms with Crippen LogP contribution >= 0.6 is 11.8 Å². The van der Waals surface area contributed by atoms with Crippen molar-refractivity contribution in [2.24, 2.45) is 0 Å². The fourth-order valence-corrected chi connectivity index (χ4v) is 4.31. The Morgan fingerprint density at radius 1 is 1.27 bits per heavy atom. The average Bonchev–Trinajstić information content (AvgIpc) is 3.02. The van der Waals surface area contributed by atoms with Gasteiger partial charge < -0.3 is 4.90 Å². The minimum Gasteiger partial charge on any atom is -0.315 e. The van der Waals surface area contributed by atoms with E-state index in [1.165, 1.54) is 0 Å². The van der Waals surface area contributed by atoms with E-state index < -0.39 is 6.04 Å². The Kier molecular flexibility index (Phi) is 3.82. The molecule has 0 saturated carbocycles. The Labute approximate surface area is 132 Å². The predicted octanol–water partition coefficient (Wildman–Crippen LogP) is 0.902. The summed E-state index contributed by atoms with van der Waals surface area (Å²) in [4.78, 5) is 37.5. The zero-order chi connectivity index (χ0) is 15.7. The van der Waals surface area contributed by atoms with Crippen LogP contribution in [-0.4, -0.2) is 39.3 Å². The highest BCUT2D eigenvalue weighted by molar-refractivity contribution is 8.01. The fraction of sp³-hybridized carbons (Fsp3) is 0.400. The second kappa shape index (κ2) is 5.64. The first-order valence-electron chi connectivity index (χ1n) is 7.13. The summed E-state index contributed by atoms with van der Waals surface area (Å²) >= 11 is 1.62. The molecule has 0 aliphatic carbocycles. The standard InChI is InChI=1S/C15H17N3O3S/c1-15-8-7-12(19)18(15)11(9-22-15)14(21)17-16-13(20)10-5-3-2-4-6-10/h2-6,11H,7-9H2,1H3,(H,16,20)(H,17,21)/t11-,15+/m1/s1. The minimum absolute atomic E-state index is 0.00189. The van der Waals surface area contributed by atoms with Gasteiger partial charge in [-0.15, -0.1) is 11.8 Å². The molecule has 2 heterocycles. The Hall–Kier alpha value is -2.02. The molecule has 2 N–H and O–H groups in total.